The lowest BCUT2D eigenvalue weighted by atomic mass is 9.95. The van der Waals surface area contributed by atoms with E-state index in [4.69, 9.17) is 18.6 Å². The summed E-state index contributed by atoms with van der Waals surface area (Å²) in [4.78, 5) is 11.7. The molecule has 1 saturated carbocycles. The third-order valence-electron chi connectivity index (χ3n) is 6.36. The van der Waals surface area contributed by atoms with Crippen molar-refractivity contribution >= 4 is 26.8 Å². The van der Waals surface area contributed by atoms with Crippen LogP contribution in [0, 0.1) is 6.92 Å². The van der Waals surface area contributed by atoms with Crippen molar-refractivity contribution in [1.82, 2.24) is 9.97 Å². The van der Waals surface area contributed by atoms with Gasteiger partial charge in [0.2, 0.25) is 5.88 Å². The quantitative estimate of drug-likeness (QED) is 0.488. The molecule has 2 aromatic heterocycles. The predicted octanol–water partition coefficient (Wildman–Crippen LogP) is 3.87. The van der Waals surface area contributed by atoms with Gasteiger partial charge in [0.05, 0.1) is 35.1 Å². The van der Waals surface area contributed by atoms with Crippen LogP contribution >= 0.6 is 0 Å². The van der Waals surface area contributed by atoms with Crippen molar-refractivity contribution in [2.75, 3.05) is 31.2 Å². The molecule has 8 nitrogen and oxygen atoms in total. The highest BCUT2D eigenvalue weighted by Crippen LogP contribution is 2.32. The van der Waals surface area contributed by atoms with E-state index >= 15 is 0 Å². The highest BCUT2D eigenvalue weighted by Gasteiger charge is 2.29. The third kappa shape index (κ3) is 5.16. The molecule has 180 valence electrons. The zero-order chi connectivity index (χ0) is 23.5. The summed E-state index contributed by atoms with van der Waals surface area (Å²) in [5.41, 5.74) is 1.85. The van der Waals surface area contributed by atoms with Gasteiger partial charge in [-0.25, -0.2) is 0 Å². The van der Waals surface area contributed by atoms with Crippen LogP contribution in [0.5, 0.6) is 5.88 Å². The maximum absolute atomic E-state index is 12.6. The molecule has 3 heterocycles. The lowest BCUT2D eigenvalue weighted by Gasteiger charge is -2.30. The third-order valence-corrected chi connectivity index (χ3v) is 7.73. The lowest BCUT2D eigenvalue weighted by molar-refractivity contribution is 0.0823. The van der Waals surface area contributed by atoms with Gasteiger partial charge < -0.3 is 14.4 Å². The van der Waals surface area contributed by atoms with Crippen molar-refractivity contribution in [3.63, 3.8) is 0 Å². The summed E-state index contributed by atoms with van der Waals surface area (Å²) in [6.07, 6.45) is 3.96. The van der Waals surface area contributed by atoms with Crippen LogP contribution < -0.4 is 9.64 Å². The molecule has 0 radical (unpaired) electrons. The summed E-state index contributed by atoms with van der Waals surface area (Å²) in [6.45, 7) is 4.83. The number of morpholine rings is 1. The van der Waals surface area contributed by atoms with Crippen molar-refractivity contribution in [3.05, 3.63) is 54.2 Å². The Morgan fingerprint density at radius 3 is 2.44 bits per heavy atom. The number of pyridine rings is 2. The molecule has 3 aromatic rings. The van der Waals surface area contributed by atoms with Crippen molar-refractivity contribution in [2.45, 2.75) is 49.7 Å². The summed E-state index contributed by atoms with van der Waals surface area (Å²) in [5, 5.41) is 0.875. The standard InChI is InChI=1S/C25H29N3O5S/c1-18-4-10-21(11-5-18)34(29,30)33-20-8-6-19(7-9-20)32-25-22-3-2-12-26-23(22)17-24(27-25)28-13-15-31-16-14-28/h2-5,10-12,17,19-20H,6-9,13-16H2,1H3. The van der Waals surface area contributed by atoms with Gasteiger partial charge in [-0.1, -0.05) is 17.7 Å². The zero-order valence-electron chi connectivity index (χ0n) is 19.2. The summed E-state index contributed by atoms with van der Waals surface area (Å²) < 4.78 is 42.6. The molecule has 2 fully saturated rings. The zero-order valence-corrected chi connectivity index (χ0v) is 20.0. The fourth-order valence-corrected chi connectivity index (χ4v) is 5.55. The van der Waals surface area contributed by atoms with E-state index in [2.05, 4.69) is 9.88 Å². The van der Waals surface area contributed by atoms with Gasteiger partial charge in [-0.3, -0.25) is 9.17 Å². The summed E-state index contributed by atoms with van der Waals surface area (Å²) in [5.74, 6) is 1.41. The minimum absolute atomic E-state index is 0.0576. The molecule has 0 N–H and O–H groups in total. The molecular weight excluding hydrogens is 454 g/mol. The molecule has 2 aliphatic rings. The first-order chi connectivity index (χ1) is 16.5. The Morgan fingerprint density at radius 2 is 1.71 bits per heavy atom. The first-order valence-corrected chi connectivity index (χ1v) is 13.1. The average molecular weight is 484 g/mol. The number of hydrogen-bond acceptors (Lipinski definition) is 8. The number of fused-ring (bicyclic) bond motifs is 1. The van der Waals surface area contributed by atoms with Crippen LogP contribution in [-0.4, -0.2) is 56.9 Å². The van der Waals surface area contributed by atoms with Crippen LogP contribution in [0.3, 0.4) is 0 Å². The van der Waals surface area contributed by atoms with Crippen molar-refractivity contribution < 1.29 is 22.1 Å². The minimum atomic E-state index is -3.78. The monoisotopic (exact) mass is 483 g/mol. The Morgan fingerprint density at radius 1 is 1.00 bits per heavy atom. The maximum atomic E-state index is 12.6. The van der Waals surface area contributed by atoms with Gasteiger partial charge in [-0.05, 0) is 56.9 Å². The van der Waals surface area contributed by atoms with E-state index in [9.17, 15) is 8.42 Å². The van der Waals surface area contributed by atoms with Gasteiger partial charge in [-0.2, -0.15) is 13.4 Å². The van der Waals surface area contributed by atoms with Gasteiger partial charge in [0.15, 0.2) is 0 Å². The van der Waals surface area contributed by atoms with Crippen LogP contribution in [0.2, 0.25) is 0 Å². The molecule has 1 saturated heterocycles. The number of hydrogen-bond donors (Lipinski definition) is 0. The smallest absolute Gasteiger partial charge is 0.297 e. The van der Waals surface area contributed by atoms with Gasteiger partial charge in [0, 0.05) is 25.4 Å². The SMILES string of the molecule is Cc1ccc(S(=O)(=O)OC2CCC(Oc3nc(N4CCOCC4)cc4ncccc34)CC2)cc1. The molecule has 9 heteroatoms. The summed E-state index contributed by atoms with van der Waals surface area (Å²) in [7, 11) is -3.78. The van der Waals surface area contributed by atoms with E-state index in [-0.39, 0.29) is 17.1 Å². The molecule has 0 spiro atoms. The Hall–Kier alpha value is -2.75. The fraction of sp³-hybridized carbons (Fsp3) is 0.440. The molecule has 0 amide bonds. The largest absolute Gasteiger partial charge is 0.474 e. The van der Waals surface area contributed by atoms with Crippen LogP contribution in [0.25, 0.3) is 10.9 Å². The van der Waals surface area contributed by atoms with Crippen LogP contribution in [0.4, 0.5) is 5.82 Å². The normalized spacial score (nSPS) is 21.5. The maximum Gasteiger partial charge on any atom is 0.297 e. The Balaban J connectivity index is 1.26. The van der Waals surface area contributed by atoms with Gasteiger partial charge in [0.1, 0.15) is 11.9 Å². The van der Waals surface area contributed by atoms with Crippen LogP contribution in [0.15, 0.2) is 53.6 Å². The van der Waals surface area contributed by atoms with Crippen molar-refractivity contribution in [2.24, 2.45) is 0 Å². The average Bonchev–Trinajstić information content (AvgIpc) is 2.86. The van der Waals surface area contributed by atoms with Gasteiger partial charge in [-0.15, -0.1) is 0 Å². The van der Waals surface area contributed by atoms with Crippen molar-refractivity contribution in [1.29, 1.82) is 0 Å². The van der Waals surface area contributed by atoms with Gasteiger partial charge in [0.25, 0.3) is 10.1 Å². The second-order valence-electron chi connectivity index (χ2n) is 8.84. The van der Waals surface area contributed by atoms with Crippen LogP contribution in [-0.2, 0) is 19.0 Å². The van der Waals surface area contributed by atoms with Crippen LogP contribution in [0.1, 0.15) is 31.2 Å². The van der Waals surface area contributed by atoms with E-state index in [1.807, 2.05) is 25.1 Å². The molecular formula is C25H29N3O5S. The molecule has 5 rings (SSSR count). The van der Waals surface area contributed by atoms with E-state index < -0.39 is 10.1 Å². The highest BCUT2D eigenvalue weighted by atomic mass is 32.2. The summed E-state index contributed by atoms with van der Waals surface area (Å²) in [6, 6.07) is 12.6. The molecule has 0 unspecified atom stereocenters. The number of anilines is 1. The minimum Gasteiger partial charge on any atom is -0.474 e. The predicted molar refractivity (Wildman–Crippen MR) is 129 cm³/mol. The van der Waals surface area contributed by atoms with E-state index in [1.54, 1.807) is 30.5 Å². The molecule has 1 aliphatic carbocycles. The van der Waals surface area contributed by atoms with E-state index in [0.717, 1.165) is 35.4 Å². The Labute approximate surface area is 200 Å². The first-order valence-electron chi connectivity index (χ1n) is 11.7. The fourth-order valence-electron chi connectivity index (χ4n) is 4.42. The highest BCUT2D eigenvalue weighted by molar-refractivity contribution is 7.86. The molecule has 1 aliphatic heterocycles. The number of ether oxygens (including phenoxy) is 2. The summed E-state index contributed by atoms with van der Waals surface area (Å²) >= 11 is 0. The second kappa shape index (κ2) is 9.85. The number of nitrogens with zero attached hydrogens (tertiary/aromatic N) is 3. The molecule has 34 heavy (non-hydrogen) atoms. The topological polar surface area (TPSA) is 90.9 Å². The number of aryl methyl sites for hydroxylation is 1. The van der Waals surface area contributed by atoms with E-state index in [0.29, 0.717) is 44.8 Å². The Kier molecular flexibility index (Phi) is 6.67. The molecule has 1 aromatic carbocycles. The van der Waals surface area contributed by atoms with Gasteiger partial charge >= 0.3 is 0 Å². The van der Waals surface area contributed by atoms with Crippen molar-refractivity contribution in [3.8, 4) is 5.88 Å². The number of rotatable bonds is 6. The lowest BCUT2D eigenvalue weighted by Crippen LogP contribution is -2.37. The molecule has 0 atom stereocenters. The number of benzene rings is 1. The molecule has 0 bridgehead atoms. The Bertz CT molecular complexity index is 1240. The second-order valence-corrected chi connectivity index (χ2v) is 10.4. The number of aromatic nitrogens is 2. The van der Waals surface area contributed by atoms with E-state index in [1.165, 1.54) is 0 Å². The first kappa shape index (κ1) is 23.0.